The maximum absolute atomic E-state index is 3.54. The van der Waals surface area contributed by atoms with Crippen molar-refractivity contribution in [3.63, 3.8) is 0 Å². The average Bonchev–Trinajstić information content (AvgIpc) is 2.94. The molecule has 2 heteroatoms. The molecular weight excluding hydrogens is 568 g/mol. The summed E-state index contributed by atoms with van der Waals surface area (Å²) in [6, 6.07) is 46.9. The molecule has 0 nitrogen and oxygen atoms in total. The zero-order chi connectivity index (χ0) is 24.7. The van der Waals surface area contributed by atoms with Gasteiger partial charge in [0.1, 0.15) is 0 Å². The Bertz CT molecular complexity index is 1360. The Morgan fingerprint density at radius 3 is 1.00 bits per heavy atom. The van der Waals surface area contributed by atoms with Crippen molar-refractivity contribution in [2.45, 2.75) is 0 Å². The second-order valence-corrected chi connectivity index (χ2v) is 10.4. The molecule has 0 fully saturated rings. The first-order chi connectivity index (χ1) is 17.7. The predicted octanol–water partition coefficient (Wildman–Crippen LogP) is 10.4. The Balaban J connectivity index is 1.57. The summed E-state index contributed by atoms with van der Waals surface area (Å²) in [5.41, 5.74) is 9.49. The summed E-state index contributed by atoms with van der Waals surface area (Å²) in [6.45, 7) is 0. The van der Waals surface area contributed by atoms with E-state index >= 15 is 0 Å². The smallest absolute Gasteiger partial charge is 0.0175 e. The molecule has 0 aliphatic heterocycles. The molecule has 5 aromatic rings. The van der Waals surface area contributed by atoms with Crippen molar-refractivity contribution in [1.82, 2.24) is 0 Å². The molecule has 0 radical (unpaired) electrons. The van der Waals surface area contributed by atoms with E-state index in [0.717, 1.165) is 8.95 Å². The molecule has 0 atom stereocenters. The van der Waals surface area contributed by atoms with Gasteiger partial charge in [0.25, 0.3) is 0 Å². The van der Waals surface area contributed by atoms with Gasteiger partial charge in [-0.1, -0.05) is 141 Å². The van der Waals surface area contributed by atoms with E-state index in [1.54, 1.807) is 0 Å². The van der Waals surface area contributed by atoms with Gasteiger partial charge in [-0.05, 0) is 80.9 Å². The fourth-order valence-corrected chi connectivity index (χ4v) is 4.71. The number of hydrogen-bond donors (Lipinski definition) is 0. The number of halogens is 2. The highest BCUT2D eigenvalue weighted by atomic mass is 79.9. The Kier molecular flexibility index (Phi) is 7.76. The molecule has 0 N–H and O–H groups in total. The Morgan fingerprint density at radius 2 is 0.667 bits per heavy atom. The van der Waals surface area contributed by atoms with Gasteiger partial charge >= 0.3 is 0 Å². The van der Waals surface area contributed by atoms with Gasteiger partial charge in [-0.15, -0.1) is 0 Å². The molecule has 0 amide bonds. The summed E-state index contributed by atoms with van der Waals surface area (Å²) in [4.78, 5) is 0. The zero-order valence-corrected chi connectivity index (χ0v) is 22.8. The highest BCUT2D eigenvalue weighted by molar-refractivity contribution is 9.10. The Labute approximate surface area is 229 Å². The molecule has 36 heavy (non-hydrogen) atoms. The van der Waals surface area contributed by atoms with Crippen molar-refractivity contribution in [1.29, 1.82) is 0 Å². The van der Waals surface area contributed by atoms with Crippen LogP contribution < -0.4 is 0 Å². The summed E-state index contributed by atoms with van der Waals surface area (Å²) in [6.07, 6.45) is 4.51. The van der Waals surface area contributed by atoms with Gasteiger partial charge in [0.15, 0.2) is 0 Å². The van der Waals surface area contributed by atoms with Crippen LogP contribution in [-0.2, 0) is 0 Å². The maximum atomic E-state index is 3.54. The van der Waals surface area contributed by atoms with Crippen LogP contribution in [-0.4, -0.2) is 0 Å². The van der Waals surface area contributed by atoms with E-state index in [1.165, 1.54) is 44.5 Å². The lowest BCUT2D eigenvalue weighted by Crippen LogP contribution is -1.92. The first-order valence-electron chi connectivity index (χ1n) is 11.8. The fourth-order valence-electron chi connectivity index (χ4n) is 4.18. The Morgan fingerprint density at radius 1 is 0.361 bits per heavy atom. The monoisotopic (exact) mass is 590 g/mol. The Hall–Kier alpha value is -3.46. The van der Waals surface area contributed by atoms with E-state index in [2.05, 4.69) is 177 Å². The number of rotatable bonds is 6. The molecule has 5 aromatic carbocycles. The van der Waals surface area contributed by atoms with Crippen LogP contribution >= 0.6 is 31.9 Å². The van der Waals surface area contributed by atoms with Crippen LogP contribution in [0.3, 0.4) is 0 Å². The van der Waals surface area contributed by atoms with Crippen molar-refractivity contribution in [2.75, 3.05) is 0 Å². The summed E-state index contributed by atoms with van der Waals surface area (Å²) in [5, 5.41) is 0. The molecule has 0 heterocycles. The normalized spacial score (nSPS) is 11.9. The number of hydrogen-bond acceptors (Lipinski definition) is 0. The van der Waals surface area contributed by atoms with Gasteiger partial charge in [0.05, 0.1) is 0 Å². The minimum absolute atomic E-state index is 1.08. The van der Waals surface area contributed by atoms with Gasteiger partial charge < -0.3 is 0 Å². The van der Waals surface area contributed by atoms with Crippen LogP contribution in [0, 0.1) is 0 Å². The van der Waals surface area contributed by atoms with Gasteiger partial charge in [0.2, 0.25) is 0 Å². The van der Waals surface area contributed by atoms with E-state index in [4.69, 9.17) is 0 Å². The van der Waals surface area contributed by atoms with Crippen LogP contribution in [0.4, 0.5) is 0 Å². The topological polar surface area (TPSA) is 0 Å². The lowest BCUT2D eigenvalue weighted by atomic mass is 9.91. The van der Waals surface area contributed by atoms with Gasteiger partial charge in [-0.25, -0.2) is 0 Å². The van der Waals surface area contributed by atoms with E-state index in [1.807, 2.05) is 0 Å². The highest BCUT2D eigenvalue weighted by Crippen LogP contribution is 2.31. The number of benzene rings is 5. The van der Waals surface area contributed by atoms with E-state index < -0.39 is 0 Å². The quantitative estimate of drug-likeness (QED) is 0.172. The van der Waals surface area contributed by atoms with Gasteiger partial charge in [-0.2, -0.15) is 0 Å². The van der Waals surface area contributed by atoms with Crippen molar-refractivity contribution < 1.29 is 0 Å². The second-order valence-electron chi connectivity index (χ2n) is 8.53. The van der Waals surface area contributed by atoms with Crippen molar-refractivity contribution in [2.24, 2.45) is 0 Å². The zero-order valence-electron chi connectivity index (χ0n) is 19.6. The molecule has 0 saturated heterocycles. The van der Waals surface area contributed by atoms with Crippen LogP contribution in [0.5, 0.6) is 0 Å². The molecule has 0 aromatic heterocycles. The largest absolute Gasteiger partial charge is 0.0622 e. The highest BCUT2D eigenvalue weighted by Gasteiger charge is 2.09. The first kappa shape index (κ1) is 24.2. The van der Waals surface area contributed by atoms with Crippen molar-refractivity contribution in [3.05, 3.63) is 176 Å². The predicted molar refractivity (Wildman–Crippen MR) is 162 cm³/mol. The van der Waals surface area contributed by atoms with Crippen LogP contribution in [0.2, 0.25) is 0 Å². The fraction of sp³-hybridized carbons (Fsp3) is 0. The molecule has 0 saturated carbocycles. The lowest BCUT2D eigenvalue weighted by molar-refractivity contribution is 1.51. The van der Waals surface area contributed by atoms with Crippen molar-refractivity contribution in [3.8, 4) is 0 Å². The third-order valence-electron chi connectivity index (χ3n) is 6.04. The molecule has 0 aliphatic rings. The SMILES string of the molecule is Brc1ccc(/C=C(\c2ccccc2)c2ccc(/C(=C/c3ccc(Br)cc3)c3ccccc3)cc2)cc1. The second kappa shape index (κ2) is 11.5. The molecule has 0 unspecified atom stereocenters. The van der Waals surface area contributed by atoms with Gasteiger partial charge in [-0.3, -0.25) is 0 Å². The first-order valence-corrected chi connectivity index (χ1v) is 13.4. The van der Waals surface area contributed by atoms with Crippen molar-refractivity contribution >= 4 is 55.2 Å². The summed E-state index contributed by atoms with van der Waals surface area (Å²) >= 11 is 7.08. The molecule has 0 spiro atoms. The summed E-state index contributed by atoms with van der Waals surface area (Å²) in [7, 11) is 0. The van der Waals surface area contributed by atoms with E-state index in [0.29, 0.717) is 0 Å². The maximum Gasteiger partial charge on any atom is 0.0175 e. The average molecular weight is 592 g/mol. The molecule has 174 valence electrons. The minimum atomic E-state index is 1.08. The standard InChI is InChI=1S/C34H24Br2/c35-31-19-11-25(12-20-31)23-33(27-7-3-1-4-8-27)29-15-17-30(18-16-29)34(28-9-5-2-6-10-28)24-26-13-21-32(36)22-14-26/h1-24H/b33-23+,34-24+. The van der Waals surface area contributed by atoms with Gasteiger partial charge in [0, 0.05) is 8.95 Å². The molecule has 0 aliphatic carbocycles. The molecule has 5 rings (SSSR count). The summed E-state index contributed by atoms with van der Waals surface area (Å²) in [5.74, 6) is 0. The van der Waals surface area contributed by atoms with Crippen LogP contribution in [0.25, 0.3) is 23.3 Å². The van der Waals surface area contributed by atoms with E-state index in [-0.39, 0.29) is 0 Å². The van der Waals surface area contributed by atoms with E-state index in [9.17, 15) is 0 Å². The molecular formula is C34H24Br2. The summed E-state index contributed by atoms with van der Waals surface area (Å²) < 4.78 is 2.16. The van der Waals surface area contributed by atoms with Crippen LogP contribution in [0.1, 0.15) is 33.4 Å². The molecule has 0 bridgehead atoms. The minimum Gasteiger partial charge on any atom is -0.0622 e. The third kappa shape index (κ3) is 6.02. The lowest BCUT2D eigenvalue weighted by Gasteiger charge is -2.13. The van der Waals surface area contributed by atoms with Crippen LogP contribution in [0.15, 0.2) is 142 Å². The third-order valence-corrected chi connectivity index (χ3v) is 7.10.